The highest BCUT2D eigenvalue weighted by Crippen LogP contribution is 2.35. The Morgan fingerprint density at radius 1 is 1.19 bits per heavy atom. The molecule has 0 spiro atoms. The van der Waals surface area contributed by atoms with E-state index in [0.717, 1.165) is 10.6 Å². The maximum absolute atomic E-state index is 13.1. The maximum Gasteiger partial charge on any atom is 0.417 e. The van der Waals surface area contributed by atoms with Gasteiger partial charge in [-0.1, -0.05) is 23.4 Å². The fourth-order valence-corrected chi connectivity index (χ4v) is 2.62. The highest BCUT2D eigenvalue weighted by atomic mass is 19.4. The van der Waals surface area contributed by atoms with Crippen LogP contribution in [0.4, 0.5) is 13.2 Å². The molecule has 0 aliphatic rings. The number of aryl methyl sites for hydroxylation is 1. The smallest absolute Gasteiger partial charge is 0.338 e. The number of aromatic nitrogens is 6. The van der Waals surface area contributed by atoms with Gasteiger partial charge >= 0.3 is 6.18 Å². The lowest BCUT2D eigenvalue weighted by atomic mass is 10.1. The molecule has 4 aromatic rings. The Kier molecular flexibility index (Phi) is 3.79. The van der Waals surface area contributed by atoms with Gasteiger partial charge in [-0.3, -0.25) is 9.89 Å². The van der Waals surface area contributed by atoms with Crippen molar-refractivity contribution >= 4 is 5.78 Å². The molecule has 27 heavy (non-hydrogen) atoms. The Morgan fingerprint density at radius 3 is 2.74 bits per heavy atom. The van der Waals surface area contributed by atoms with E-state index < -0.39 is 11.7 Å². The van der Waals surface area contributed by atoms with Crippen LogP contribution in [0.2, 0.25) is 0 Å². The Hall–Kier alpha value is -3.50. The molecule has 1 N–H and O–H groups in total. The zero-order valence-corrected chi connectivity index (χ0v) is 13.8. The molecule has 8 nitrogen and oxygen atoms in total. The first-order valence-electron chi connectivity index (χ1n) is 7.76. The first kappa shape index (κ1) is 16.9. The minimum absolute atomic E-state index is 0.00301. The number of alkyl halides is 3. The Bertz CT molecular complexity index is 1190. The van der Waals surface area contributed by atoms with Gasteiger partial charge in [0.1, 0.15) is 5.82 Å². The molecule has 0 fully saturated rings. The molecule has 0 amide bonds. The Balaban J connectivity index is 1.67. The molecule has 0 radical (unpaired) electrons. The maximum atomic E-state index is 13.1. The Labute approximate surface area is 148 Å². The van der Waals surface area contributed by atoms with Crippen LogP contribution in [0, 0.1) is 6.92 Å². The average Bonchev–Trinajstić information content (AvgIpc) is 3.21. The summed E-state index contributed by atoms with van der Waals surface area (Å²) in [4.78, 5) is 24.2. The largest absolute Gasteiger partial charge is 0.417 e. The van der Waals surface area contributed by atoms with E-state index in [1.807, 2.05) is 0 Å². The molecule has 0 aliphatic heterocycles. The van der Waals surface area contributed by atoms with E-state index in [-0.39, 0.29) is 35.0 Å². The normalized spacial score (nSPS) is 12.0. The number of fused-ring (bicyclic) bond motifs is 1. The number of benzene rings is 1. The van der Waals surface area contributed by atoms with Gasteiger partial charge in [-0.15, -0.1) is 0 Å². The molecular weight excluding hydrogens is 365 g/mol. The van der Waals surface area contributed by atoms with Gasteiger partial charge in [0, 0.05) is 17.3 Å². The third-order valence-electron chi connectivity index (χ3n) is 3.77. The summed E-state index contributed by atoms with van der Waals surface area (Å²) in [5.41, 5.74) is -0.853. The van der Waals surface area contributed by atoms with Crippen molar-refractivity contribution in [2.75, 3.05) is 0 Å². The van der Waals surface area contributed by atoms with Gasteiger partial charge in [0.2, 0.25) is 11.7 Å². The molecule has 11 heteroatoms. The van der Waals surface area contributed by atoms with E-state index in [9.17, 15) is 18.0 Å². The van der Waals surface area contributed by atoms with Crippen molar-refractivity contribution in [2.24, 2.45) is 0 Å². The molecule has 1 aromatic carbocycles. The minimum atomic E-state index is -4.54. The average molecular weight is 376 g/mol. The number of nitrogens with zero attached hydrogens (tertiary/aromatic N) is 5. The third kappa shape index (κ3) is 3.18. The van der Waals surface area contributed by atoms with Crippen molar-refractivity contribution < 1.29 is 17.7 Å². The van der Waals surface area contributed by atoms with Gasteiger partial charge in [-0.05, 0) is 13.0 Å². The zero-order valence-electron chi connectivity index (χ0n) is 13.8. The molecule has 0 aliphatic carbocycles. The van der Waals surface area contributed by atoms with Crippen molar-refractivity contribution in [1.82, 2.24) is 29.7 Å². The molecule has 0 saturated heterocycles. The van der Waals surface area contributed by atoms with Crippen LogP contribution in [0.25, 0.3) is 17.2 Å². The van der Waals surface area contributed by atoms with Gasteiger partial charge in [0.05, 0.1) is 12.0 Å². The highest BCUT2D eigenvalue weighted by Gasteiger charge is 2.34. The SMILES string of the molecule is Cc1cc(=O)n2[nH]c(Cc3nc(-c4ccccc4C(F)(F)F)no3)nc2n1. The fraction of sp³-hybridized carbons (Fsp3) is 0.188. The summed E-state index contributed by atoms with van der Waals surface area (Å²) in [5, 5.41) is 6.38. The number of hydrogen-bond acceptors (Lipinski definition) is 6. The van der Waals surface area contributed by atoms with Crippen LogP contribution in [0.5, 0.6) is 0 Å². The molecular formula is C16H11F3N6O2. The molecule has 3 heterocycles. The predicted molar refractivity (Wildman–Crippen MR) is 85.9 cm³/mol. The van der Waals surface area contributed by atoms with E-state index in [1.54, 1.807) is 6.92 Å². The number of halogens is 3. The molecule has 3 aromatic heterocycles. The number of H-pyrrole nitrogens is 1. The molecule has 0 saturated carbocycles. The number of rotatable bonds is 3. The number of aromatic amines is 1. The van der Waals surface area contributed by atoms with Crippen LogP contribution in [0.15, 0.2) is 39.6 Å². The zero-order chi connectivity index (χ0) is 19.2. The monoisotopic (exact) mass is 376 g/mol. The van der Waals surface area contributed by atoms with Crippen molar-refractivity contribution in [3.63, 3.8) is 0 Å². The van der Waals surface area contributed by atoms with E-state index in [1.165, 1.54) is 24.3 Å². The number of nitrogens with one attached hydrogen (secondary N) is 1. The second-order valence-corrected chi connectivity index (χ2v) is 5.77. The first-order valence-corrected chi connectivity index (χ1v) is 7.76. The lowest BCUT2D eigenvalue weighted by Crippen LogP contribution is -2.14. The quantitative estimate of drug-likeness (QED) is 0.589. The Morgan fingerprint density at radius 2 is 1.96 bits per heavy atom. The van der Waals surface area contributed by atoms with Crippen LogP contribution in [-0.4, -0.2) is 29.7 Å². The summed E-state index contributed by atoms with van der Waals surface area (Å²) in [6, 6.07) is 6.30. The predicted octanol–water partition coefficient (Wildman–Crippen LogP) is 2.39. The van der Waals surface area contributed by atoms with Crippen LogP contribution >= 0.6 is 0 Å². The van der Waals surface area contributed by atoms with Gasteiger partial charge in [0.25, 0.3) is 11.3 Å². The van der Waals surface area contributed by atoms with Crippen LogP contribution < -0.4 is 5.56 Å². The summed E-state index contributed by atoms with van der Waals surface area (Å²) in [5.74, 6) is 0.354. The highest BCUT2D eigenvalue weighted by molar-refractivity contribution is 5.60. The summed E-state index contributed by atoms with van der Waals surface area (Å²) in [6.07, 6.45) is -4.54. The van der Waals surface area contributed by atoms with Crippen LogP contribution in [0.1, 0.15) is 23.0 Å². The van der Waals surface area contributed by atoms with Crippen molar-refractivity contribution in [3.05, 3.63) is 63.7 Å². The second kappa shape index (κ2) is 6.04. The van der Waals surface area contributed by atoms with Gasteiger partial charge in [-0.2, -0.15) is 27.7 Å². The van der Waals surface area contributed by atoms with Crippen molar-refractivity contribution in [2.45, 2.75) is 19.5 Å². The molecule has 0 unspecified atom stereocenters. The molecule has 138 valence electrons. The topological polar surface area (TPSA) is 102 Å². The second-order valence-electron chi connectivity index (χ2n) is 5.77. The van der Waals surface area contributed by atoms with Gasteiger partial charge < -0.3 is 4.52 Å². The van der Waals surface area contributed by atoms with E-state index >= 15 is 0 Å². The third-order valence-corrected chi connectivity index (χ3v) is 3.77. The van der Waals surface area contributed by atoms with Gasteiger partial charge in [0.15, 0.2) is 0 Å². The lowest BCUT2D eigenvalue weighted by molar-refractivity contribution is -0.137. The molecule has 4 rings (SSSR count). The lowest BCUT2D eigenvalue weighted by Gasteiger charge is -2.09. The van der Waals surface area contributed by atoms with Crippen molar-refractivity contribution in [3.8, 4) is 11.4 Å². The summed E-state index contributed by atoms with van der Waals surface area (Å²) < 4.78 is 45.6. The summed E-state index contributed by atoms with van der Waals surface area (Å²) in [6.45, 7) is 1.66. The van der Waals surface area contributed by atoms with E-state index in [4.69, 9.17) is 4.52 Å². The molecule has 0 atom stereocenters. The van der Waals surface area contributed by atoms with E-state index in [2.05, 4.69) is 25.2 Å². The van der Waals surface area contributed by atoms with Crippen LogP contribution in [0.3, 0.4) is 0 Å². The van der Waals surface area contributed by atoms with Crippen LogP contribution in [-0.2, 0) is 12.6 Å². The summed E-state index contributed by atoms with van der Waals surface area (Å²) >= 11 is 0. The fourth-order valence-electron chi connectivity index (χ4n) is 2.62. The molecule has 0 bridgehead atoms. The van der Waals surface area contributed by atoms with Crippen molar-refractivity contribution in [1.29, 1.82) is 0 Å². The summed E-state index contributed by atoms with van der Waals surface area (Å²) in [7, 11) is 0. The van der Waals surface area contributed by atoms with E-state index in [0.29, 0.717) is 11.5 Å². The standard InChI is InChI=1S/C16H11F3N6O2/c1-8-6-13(26)25-15(20-8)21-11(23-25)7-12-22-14(24-27-12)9-4-2-3-5-10(9)16(17,18)19/h2-6H,7H2,1H3,(H,20,21,23). The number of hydrogen-bond donors (Lipinski definition) is 1. The minimum Gasteiger partial charge on any atom is -0.338 e. The van der Waals surface area contributed by atoms with Gasteiger partial charge in [-0.25, -0.2) is 4.98 Å². The first-order chi connectivity index (χ1) is 12.8.